The van der Waals surface area contributed by atoms with Crippen LogP contribution in [0.15, 0.2) is 96.8 Å². The lowest BCUT2D eigenvalue weighted by atomic mass is 10.2. The second kappa shape index (κ2) is 10.2. The normalized spacial score (nSPS) is 11.2. The Kier molecular flexibility index (Phi) is 7.19. The first-order chi connectivity index (χ1) is 15.5. The second-order valence-electron chi connectivity index (χ2n) is 6.67. The van der Waals surface area contributed by atoms with E-state index in [0.29, 0.717) is 21.7 Å². The monoisotopic (exact) mass is 570 g/mol. The topological polar surface area (TPSA) is 76.3 Å². The minimum Gasteiger partial charge on any atom is -0.272 e. The first kappa shape index (κ1) is 22.4. The van der Waals surface area contributed by atoms with Gasteiger partial charge in [0.05, 0.1) is 28.6 Å². The average Bonchev–Trinajstić information content (AvgIpc) is 2.79. The quantitative estimate of drug-likeness (QED) is 0.150. The number of amides is 1. The summed E-state index contributed by atoms with van der Waals surface area (Å²) in [6, 6.07) is 22.1. The summed E-state index contributed by atoms with van der Waals surface area (Å²) in [6.07, 6.45) is 1.57. The predicted molar refractivity (Wildman–Crippen MR) is 136 cm³/mol. The first-order valence-electron chi connectivity index (χ1n) is 9.49. The standard InChI is InChI=1S/C23H16Br2N4O2S/c24-16-8-10-18(11-9-16)29-22(31)19-6-1-2-7-20(19)27-23(29)32-14-21(30)28-26-13-15-4-3-5-17(25)12-15/h1-13H,14H2,(H,28,30)/b26-13-. The number of fused-ring (bicyclic) bond motifs is 1. The molecule has 1 heterocycles. The Bertz CT molecular complexity index is 1370. The number of aromatic nitrogens is 2. The molecule has 0 atom stereocenters. The van der Waals surface area contributed by atoms with Gasteiger partial charge >= 0.3 is 0 Å². The van der Waals surface area contributed by atoms with Crippen LogP contribution in [0.25, 0.3) is 16.6 Å². The zero-order valence-electron chi connectivity index (χ0n) is 16.5. The van der Waals surface area contributed by atoms with Gasteiger partial charge in [0.25, 0.3) is 11.5 Å². The minimum atomic E-state index is -0.300. The molecule has 3 aromatic carbocycles. The summed E-state index contributed by atoms with van der Waals surface area (Å²) in [4.78, 5) is 30.2. The van der Waals surface area contributed by atoms with Crippen molar-refractivity contribution in [2.75, 3.05) is 5.75 Å². The van der Waals surface area contributed by atoms with Crippen molar-refractivity contribution in [2.45, 2.75) is 5.16 Å². The van der Waals surface area contributed by atoms with E-state index in [-0.39, 0.29) is 17.2 Å². The number of para-hydroxylation sites is 1. The van der Waals surface area contributed by atoms with E-state index < -0.39 is 0 Å². The molecule has 0 spiro atoms. The smallest absolute Gasteiger partial charge is 0.266 e. The SMILES string of the molecule is O=C(CSc1nc2ccccc2c(=O)n1-c1ccc(Br)cc1)N/N=C\c1cccc(Br)c1. The van der Waals surface area contributed by atoms with Gasteiger partial charge in [-0.2, -0.15) is 5.10 Å². The van der Waals surface area contributed by atoms with Crippen LogP contribution in [0.5, 0.6) is 0 Å². The third-order valence-electron chi connectivity index (χ3n) is 4.41. The molecule has 1 N–H and O–H groups in total. The molecule has 0 radical (unpaired) electrons. The maximum Gasteiger partial charge on any atom is 0.266 e. The molecule has 160 valence electrons. The van der Waals surface area contributed by atoms with Gasteiger partial charge in [0.2, 0.25) is 0 Å². The van der Waals surface area contributed by atoms with Crippen LogP contribution in [0.4, 0.5) is 0 Å². The molecule has 0 saturated heterocycles. The fourth-order valence-electron chi connectivity index (χ4n) is 2.96. The van der Waals surface area contributed by atoms with Gasteiger partial charge in [-0.1, -0.05) is 67.9 Å². The van der Waals surface area contributed by atoms with Crippen LogP contribution in [0.3, 0.4) is 0 Å². The Balaban J connectivity index is 1.56. The van der Waals surface area contributed by atoms with Gasteiger partial charge in [-0.15, -0.1) is 0 Å². The van der Waals surface area contributed by atoms with Crippen LogP contribution < -0.4 is 11.0 Å². The number of hydrazone groups is 1. The molecule has 32 heavy (non-hydrogen) atoms. The van der Waals surface area contributed by atoms with E-state index in [1.165, 1.54) is 16.3 Å². The number of halogens is 2. The number of carbonyl (C=O) groups excluding carboxylic acids is 1. The number of benzene rings is 3. The second-order valence-corrected chi connectivity index (χ2v) is 9.44. The molecule has 4 rings (SSSR count). The number of hydrogen-bond acceptors (Lipinski definition) is 5. The summed E-state index contributed by atoms with van der Waals surface area (Å²) in [5.74, 6) is -0.247. The molecule has 6 nitrogen and oxygen atoms in total. The zero-order valence-corrected chi connectivity index (χ0v) is 20.5. The molecule has 0 aliphatic heterocycles. The van der Waals surface area contributed by atoms with Crippen molar-refractivity contribution in [3.05, 3.63) is 97.7 Å². The number of nitrogens with one attached hydrogen (secondary N) is 1. The summed E-state index contributed by atoms with van der Waals surface area (Å²) < 4.78 is 3.36. The fourth-order valence-corrected chi connectivity index (χ4v) is 4.44. The molecular weight excluding hydrogens is 556 g/mol. The maximum absolute atomic E-state index is 13.2. The van der Waals surface area contributed by atoms with Crippen LogP contribution in [0.1, 0.15) is 5.56 Å². The average molecular weight is 572 g/mol. The van der Waals surface area contributed by atoms with Crippen molar-refractivity contribution >= 4 is 66.6 Å². The van der Waals surface area contributed by atoms with E-state index in [2.05, 4.69) is 47.4 Å². The van der Waals surface area contributed by atoms with Gasteiger partial charge in [-0.05, 0) is 54.1 Å². The third-order valence-corrected chi connectivity index (χ3v) is 6.37. The lowest BCUT2D eigenvalue weighted by Gasteiger charge is -2.13. The van der Waals surface area contributed by atoms with E-state index in [4.69, 9.17) is 0 Å². The lowest BCUT2D eigenvalue weighted by Crippen LogP contribution is -2.24. The lowest BCUT2D eigenvalue weighted by molar-refractivity contribution is -0.118. The predicted octanol–water partition coefficient (Wildman–Crippen LogP) is 5.15. The summed E-state index contributed by atoms with van der Waals surface area (Å²) in [7, 11) is 0. The molecule has 1 aromatic heterocycles. The molecule has 0 saturated carbocycles. The number of carbonyl (C=O) groups is 1. The summed E-state index contributed by atoms with van der Waals surface area (Å²) in [6.45, 7) is 0. The van der Waals surface area contributed by atoms with Crippen LogP contribution in [0.2, 0.25) is 0 Å². The Labute approximate surface area is 205 Å². The molecule has 0 fully saturated rings. The number of nitrogens with zero attached hydrogens (tertiary/aromatic N) is 3. The third kappa shape index (κ3) is 5.35. The Morgan fingerprint density at radius 1 is 1.03 bits per heavy atom. The first-order valence-corrected chi connectivity index (χ1v) is 12.1. The summed E-state index contributed by atoms with van der Waals surface area (Å²) in [5.41, 5.74) is 4.44. The van der Waals surface area contributed by atoms with E-state index in [1.54, 1.807) is 24.4 Å². The highest BCUT2D eigenvalue weighted by molar-refractivity contribution is 9.10. The molecule has 0 aliphatic rings. The molecule has 0 aliphatic carbocycles. The van der Waals surface area contributed by atoms with Crippen molar-refractivity contribution in [3.8, 4) is 5.69 Å². The molecule has 0 bridgehead atoms. The Morgan fingerprint density at radius 2 is 1.81 bits per heavy atom. The van der Waals surface area contributed by atoms with Crippen LogP contribution >= 0.6 is 43.6 Å². The Hall–Kier alpha value is -2.75. The molecule has 1 amide bonds. The minimum absolute atomic E-state index is 0.0527. The van der Waals surface area contributed by atoms with Gasteiger partial charge in [0.15, 0.2) is 5.16 Å². The number of rotatable bonds is 6. The molecule has 0 unspecified atom stereocenters. The number of hydrogen-bond donors (Lipinski definition) is 1. The highest BCUT2D eigenvalue weighted by atomic mass is 79.9. The van der Waals surface area contributed by atoms with Crippen LogP contribution in [0, 0.1) is 0 Å². The van der Waals surface area contributed by atoms with Crippen molar-refractivity contribution in [1.82, 2.24) is 15.0 Å². The maximum atomic E-state index is 13.2. The van der Waals surface area contributed by atoms with Gasteiger partial charge < -0.3 is 0 Å². The van der Waals surface area contributed by atoms with Crippen molar-refractivity contribution in [1.29, 1.82) is 0 Å². The largest absolute Gasteiger partial charge is 0.272 e. The van der Waals surface area contributed by atoms with Crippen molar-refractivity contribution in [2.24, 2.45) is 5.10 Å². The van der Waals surface area contributed by atoms with E-state index in [0.717, 1.165) is 14.5 Å². The van der Waals surface area contributed by atoms with Crippen LogP contribution in [-0.2, 0) is 4.79 Å². The summed E-state index contributed by atoms with van der Waals surface area (Å²) >= 11 is 7.99. The Morgan fingerprint density at radius 3 is 2.59 bits per heavy atom. The van der Waals surface area contributed by atoms with E-state index in [9.17, 15) is 9.59 Å². The fraction of sp³-hybridized carbons (Fsp3) is 0.0435. The number of thioether (sulfide) groups is 1. The summed E-state index contributed by atoms with van der Waals surface area (Å²) in [5, 5.41) is 4.95. The van der Waals surface area contributed by atoms with Gasteiger partial charge in [0, 0.05) is 8.95 Å². The van der Waals surface area contributed by atoms with Crippen LogP contribution in [-0.4, -0.2) is 27.4 Å². The van der Waals surface area contributed by atoms with Crippen molar-refractivity contribution in [3.63, 3.8) is 0 Å². The highest BCUT2D eigenvalue weighted by Gasteiger charge is 2.14. The van der Waals surface area contributed by atoms with Gasteiger partial charge in [-0.3, -0.25) is 14.2 Å². The van der Waals surface area contributed by atoms with Gasteiger partial charge in [0.1, 0.15) is 0 Å². The zero-order chi connectivity index (χ0) is 22.5. The molecular formula is C23H16Br2N4O2S. The van der Waals surface area contributed by atoms with Crippen molar-refractivity contribution < 1.29 is 4.79 Å². The molecule has 4 aromatic rings. The van der Waals surface area contributed by atoms with Gasteiger partial charge in [-0.25, -0.2) is 10.4 Å². The van der Waals surface area contributed by atoms with E-state index in [1.807, 2.05) is 54.6 Å². The highest BCUT2D eigenvalue weighted by Crippen LogP contribution is 2.22. The molecule has 9 heteroatoms. The van der Waals surface area contributed by atoms with E-state index >= 15 is 0 Å².